The Bertz CT molecular complexity index is 2170. The van der Waals surface area contributed by atoms with E-state index in [4.69, 9.17) is 18.9 Å². The van der Waals surface area contributed by atoms with E-state index in [0.717, 1.165) is 55.4 Å². The fraction of sp³-hybridized carbons (Fsp3) is 0.214. The van der Waals surface area contributed by atoms with Crippen molar-refractivity contribution in [1.29, 1.82) is 0 Å². The number of fused-ring (bicyclic) bond motifs is 3. The third kappa shape index (κ3) is 5.92. The molecule has 0 spiro atoms. The standard InChI is InChI=1S/C42H39NO7/c1-47-30-17-14-28(15-18-30)40(27-9-5-4-6-10-27)29-16-19-37(48-2)33(23-29)42(24-36(45)38(25-44)50-42)34-22-26(13-20-39(46)49-3)21-32-31-11-7-8-12-35(31)43-41(32)34/h4-23,36,38,40,43-45H,24-25H2,1-3H3/t36-,38+,40?,42?/m0/s1. The van der Waals surface area contributed by atoms with Crippen LogP contribution in [0.5, 0.6) is 11.5 Å². The average molecular weight is 670 g/mol. The monoisotopic (exact) mass is 669 g/mol. The summed E-state index contributed by atoms with van der Waals surface area (Å²) in [5.74, 6) is 0.696. The average Bonchev–Trinajstić information content (AvgIpc) is 3.72. The lowest BCUT2D eigenvalue weighted by Crippen LogP contribution is -2.30. The second kappa shape index (κ2) is 13.8. The number of para-hydroxylation sites is 1. The fourth-order valence-electron chi connectivity index (χ4n) is 7.32. The zero-order chi connectivity index (χ0) is 34.8. The van der Waals surface area contributed by atoms with Gasteiger partial charge in [0.25, 0.3) is 0 Å². The highest BCUT2D eigenvalue weighted by molar-refractivity contribution is 6.09. The number of hydrogen-bond acceptors (Lipinski definition) is 7. The first-order chi connectivity index (χ1) is 24.4. The summed E-state index contributed by atoms with van der Waals surface area (Å²) < 4.78 is 23.3. The van der Waals surface area contributed by atoms with Gasteiger partial charge < -0.3 is 34.1 Å². The van der Waals surface area contributed by atoms with Crippen LogP contribution in [0.15, 0.2) is 115 Å². The van der Waals surface area contributed by atoms with Gasteiger partial charge in [-0.15, -0.1) is 0 Å². The largest absolute Gasteiger partial charge is 0.497 e. The summed E-state index contributed by atoms with van der Waals surface area (Å²) in [7, 11) is 4.61. The Balaban J connectivity index is 1.51. The Hall–Kier alpha value is -5.41. The maximum absolute atomic E-state index is 12.2. The number of methoxy groups -OCH3 is 3. The maximum atomic E-state index is 12.2. The van der Waals surface area contributed by atoms with Crippen LogP contribution in [0.2, 0.25) is 0 Å². The molecule has 0 aliphatic carbocycles. The van der Waals surface area contributed by atoms with E-state index in [1.807, 2.05) is 72.8 Å². The number of nitrogens with one attached hydrogen (secondary N) is 1. The molecule has 2 unspecified atom stereocenters. The summed E-state index contributed by atoms with van der Waals surface area (Å²) in [6, 6.07) is 36.4. The van der Waals surface area contributed by atoms with Crippen molar-refractivity contribution in [2.24, 2.45) is 0 Å². The molecule has 254 valence electrons. The summed E-state index contributed by atoms with van der Waals surface area (Å²) in [6.45, 7) is -0.374. The minimum atomic E-state index is -1.27. The highest BCUT2D eigenvalue weighted by atomic mass is 16.5. The van der Waals surface area contributed by atoms with Gasteiger partial charge >= 0.3 is 5.97 Å². The SMILES string of the molecule is COC(=O)C=Cc1cc(C2(c3cc(C(c4ccccc4)c4ccc(OC)cc4)ccc3OC)C[C@H](O)[C@@H](CO)O2)c2[nH]c3ccccc3c2c1. The molecule has 0 amide bonds. The van der Waals surface area contributed by atoms with Gasteiger partial charge in [0.2, 0.25) is 0 Å². The molecule has 8 nitrogen and oxygen atoms in total. The van der Waals surface area contributed by atoms with Crippen LogP contribution in [0.3, 0.4) is 0 Å². The van der Waals surface area contributed by atoms with Crippen molar-refractivity contribution in [2.45, 2.75) is 30.1 Å². The van der Waals surface area contributed by atoms with Crippen LogP contribution in [-0.2, 0) is 19.9 Å². The number of ether oxygens (including phenoxy) is 4. The summed E-state index contributed by atoms with van der Waals surface area (Å²) in [5.41, 5.74) is 5.79. The molecule has 3 N–H and O–H groups in total. The molecule has 5 aromatic carbocycles. The van der Waals surface area contributed by atoms with Crippen molar-refractivity contribution in [2.75, 3.05) is 27.9 Å². The van der Waals surface area contributed by atoms with Gasteiger partial charge in [-0.25, -0.2) is 4.79 Å². The number of aromatic nitrogens is 1. The number of benzene rings is 5. The lowest BCUT2D eigenvalue weighted by Gasteiger charge is -2.33. The molecule has 7 rings (SSSR count). The normalized spacial score (nSPS) is 19.6. The minimum absolute atomic E-state index is 0.144. The van der Waals surface area contributed by atoms with Crippen LogP contribution in [-0.4, -0.2) is 61.3 Å². The number of carbonyl (C=O) groups is 1. The molecule has 0 radical (unpaired) electrons. The highest BCUT2D eigenvalue weighted by Gasteiger charge is 2.51. The number of esters is 1. The number of H-pyrrole nitrogens is 1. The molecule has 6 aromatic rings. The second-order valence-corrected chi connectivity index (χ2v) is 12.5. The van der Waals surface area contributed by atoms with Crippen LogP contribution in [0.25, 0.3) is 27.9 Å². The Morgan fingerprint density at radius 2 is 1.58 bits per heavy atom. The molecule has 0 saturated carbocycles. The number of aliphatic hydroxyl groups excluding tert-OH is 2. The van der Waals surface area contributed by atoms with E-state index in [-0.39, 0.29) is 18.9 Å². The number of hydrogen-bond donors (Lipinski definition) is 3. The highest BCUT2D eigenvalue weighted by Crippen LogP contribution is 2.52. The van der Waals surface area contributed by atoms with Gasteiger partial charge in [0.1, 0.15) is 23.2 Å². The molecular weight excluding hydrogens is 630 g/mol. The van der Waals surface area contributed by atoms with Gasteiger partial charge in [-0.1, -0.05) is 66.7 Å². The molecule has 1 saturated heterocycles. The topological polar surface area (TPSA) is 110 Å². The molecule has 1 aromatic heterocycles. The number of aromatic amines is 1. The van der Waals surface area contributed by atoms with Crippen molar-refractivity contribution >= 4 is 33.9 Å². The summed E-state index contributed by atoms with van der Waals surface area (Å²) in [6.07, 6.45) is 1.40. The Kier molecular flexibility index (Phi) is 9.16. The predicted molar refractivity (Wildman–Crippen MR) is 194 cm³/mol. The van der Waals surface area contributed by atoms with Gasteiger partial charge in [0.05, 0.1) is 39.6 Å². The zero-order valence-electron chi connectivity index (χ0n) is 28.1. The van der Waals surface area contributed by atoms with Crippen molar-refractivity contribution < 1.29 is 34.0 Å². The van der Waals surface area contributed by atoms with Crippen LogP contribution in [0.1, 0.15) is 45.7 Å². The van der Waals surface area contributed by atoms with Gasteiger partial charge in [-0.3, -0.25) is 0 Å². The number of rotatable bonds is 10. The third-order valence-corrected chi connectivity index (χ3v) is 9.72. The van der Waals surface area contributed by atoms with E-state index >= 15 is 0 Å². The van der Waals surface area contributed by atoms with Gasteiger partial charge in [-0.05, 0) is 70.8 Å². The van der Waals surface area contributed by atoms with Crippen LogP contribution in [0, 0.1) is 0 Å². The first-order valence-corrected chi connectivity index (χ1v) is 16.5. The minimum Gasteiger partial charge on any atom is -0.497 e. The smallest absolute Gasteiger partial charge is 0.330 e. The first-order valence-electron chi connectivity index (χ1n) is 16.5. The quantitative estimate of drug-likeness (QED) is 0.0812. The van der Waals surface area contributed by atoms with Crippen LogP contribution in [0.4, 0.5) is 0 Å². The Morgan fingerprint density at radius 1 is 0.860 bits per heavy atom. The van der Waals surface area contributed by atoms with E-state index in [2.05, 4.69) is 41.4 Å². The molecule has 2 heterocycles. The molecule has 1 aliphatic heterocycles. The molecule has 1 fully saturated rings. The van der Waals surface area contributed by atoms with Crippen LogP contribution >= 0.6 is 0 Å². The maximum Gasteiger partial charge on any atom is 0.330 e. The molecule has 8 heteroatoms. The first kappa shape index (κ1) is 33.1. The molecular formula is C42H39NO7. The predicted octanol–water partition coefficient (Wildman–Crippen LogP) is 7.09. The van der Waals surface area contributed by atoms with E-state index in [0.29, 0.717) is 11.3 Å². The molecule has 0 bridgehead atoms. The summed E-state index contributed by atoms with van der Waals surface area (Å²) >= 11 is 0. The number of carbonyl (C=O) groups excluding carboxylic acids is 1. The Labute approximate surface area is 290 Å². The van der Waals surface area contributed by atoms with Crippen molar-refractivity contribution in [3.05, 3.63) is 149 Å². The summed E-state index contributed by atoms with van der Waals surface area (Å²) in [5, 5.41) is 23.8. The second-order valence-electron chi connectivity index (χ2n) is 12.5. The lowest BCUT2D eigenvalue weighted by molar-refractivity contribution is -0.134. The molecule has 4 atom stereocenters. The summed E-state index contributed by atoms with van der Waals surface area (Å²) in [4.78, 5) is 15.8. The molecule has 50 heavy (non-hydrogen) atoms. The van der Waals surface area contributed by atoms with Crippen molar-refractivity contribution in [3.8, 4) is 11.5 Å². The van der Waals surface area contributed by atoms with Gasteiger partial charge in [-0.2, -0.15) is 0 Å². The van der Waals surface area contributed by atoms with Gasteiger partial charge in [0, 0.05) is 45.8 Å². The van der Waals surface area contributed by atoms with Crippen LogP contribution < -0.4 is 9.47 Å². The van der Waals surface area contributed by atoms with E-state index in [9.17, 15) is 15.0 Å². The third-order valence-electron chi connectivity index (χ3n) is 9.72. The van der Waals surface area contributed by atoms with E-state index in [1.165, 1.54) is 13.2 Å². The Morgan fingerprint density at radius 3 is 2.28 bits per heavy atom. The van der Waals surface area contributed by atoms with Gasteiger partial charge in [0.15, 0.2) is 0 Å². The number of aliphatic hydroxyl groups is 2. The van der Waals surface area contributed by atoms with E-state index < -0.39 is 23.8 Å². The fourth-order valence-corrected chi connectivity index (χ4v) is 7.32. The van der Waals surface area contributed by atoms with Crippen molar-refractivity contribution in [3.63, 3.8) is 0 Å². The molecule has 1 aliphatic rings. The zero-order valence-corrected chi connectivity index (χ0v) is 28.1. The van der Waals surface area contributed by atoms with Crippen molar-refractivity contribution in [1.82, 2.24) is 4.98 Å². The lowest BCUT2D eigenvalue weighted by atomic mass is 9.78. The van der Waals surface area contributed by atoms with E-state index in [1.54, 1.807) is 20.3 Å².